The number of likely N-dealkylation sites (N-methyl/N-ethyl adjacent to an activating group) is 1. The zero-order valence-electron chi connectivity index (χ0n) is 14.7. The van der Waals surface area contributed by atoms with Crippen LogP contribution in [-0.2, 0) is 4.79 Å². The highest BCUT2D eigenvalue weighted by atomic mass is 16.6. The van der Waals surface area contributed by atoms with Crippen molar-refractivity contribution in [2.45, 2.75) is 27.2 Å². The number of carbonyl (C=O) groups is 1. The van der Waals surface area contributed by atoms with Gasteiger partial charge in [0.15, 0.2) is 0 Å². The standard InChI is InChI=1S/C17H23N3O5/c1-5-7-19(6-2)17(23)14(10-18)8-12(3)9-16(20(24)25)15(11-21)13(4)22/h8-9,21-22H,3,5-7,11H2,1-2,4H3/b14-8+,15-13+,16-9+. The van der Waals surface area contributed by atoms with E-state index in [4.69, 9.17) is 0 Å². The normalized spacial score (nSPS) is 12.9. The summed E-state index contributed by atoms with van der Waals surface area (Å²) in [7, 11) is 0. The largest absolute Gasteiger partial charge is 0.512 e. The van der Waals surface area contributed by atoms with E-state index in [1.807, 2.05) is 6.92 Å². The maximum absolute atomic E-state index is 12.3. The summed E-state index contributed by atoms with van der Waals surface area (Å²) in [6.45, 7) is 8.65. The fourth-order valence-corrected chi connectivity index (χ4v) is 2.02. The number of amides is 1. The Kier molecular flexibility index (Phi) is 9.52. The topological polar surface area (TPSA) is 128 Å². The number of nitro groups is 1. The number of carbonyl (C=O) groups excluding carboxylic acids is 1. The van der Waals surface area contributed by atoms with Crippen LogP contribution in [0, 0.1) is 21.4 Å². The first-order valence-corrected chi connectivity index (χ1v) is 7.69. The van der Waals surface area contributed by atoms with Crippen LogP contribution in [-0.4, -0.2) is 45.6 Å². The van der Waals surface area contributed by atoms with Crippen LogP contribution in [0.2, 0.25) is 0 Å². The molecule has 0 saturated heterocycles. The van der Waals surface area contributed by atoms with Crippen LogP contribution in [0.5, 0.6) is 0 Å². The van der Waals surface area contributed by atoms with Gasteiger partial charge in [-0.05, 0) is 31.9 Å². The van der Waals surface area contributed by atoms with Gasteiger partial charge >= 0.3 is 0 Å². The second-order valence-corrected chi connectivity index (χ2v) is 5.14. The third-order valence-corrected chi connectivity index (χ3v) is 3.27. The second-order valence-electron chi connectivity index (χ2n) is 5.14. The summed E-state index contributed by atoms with van der Waals surface area (Å²) in [4.78, 5) is 24.1. The summed E-state index contributed by atoms with van der Waals surface area (Å²) in [6, 6.07) is 1.77. The predicted molar refractivity (Wildman–Crippen MR) is 92.9 cm³/mol. The minimum absolute atomic E-state index is 0.0244. The SMILES string of the molecule is C=C(/C=C(\C#N)C(=O)N(CC)CCC)/C=C(\C(CO)=C(/C)O)[N+](=O)[O-]. The zero-order valence-corrected chi connectivity index (χ0v) is 14.7. The number of aliphatic hydroxyl groups is 2. The van der Waals surface area contributed by atoms with Gasteiger partial charge in [-0.1, -0.05) is 13.5 Å². The Morgan fingerprint density at radius 1 is 1.40 bits per heavy atom. The van der Waals surface area contributed by atoms with Gasteiger partial charge in [-0.15, -0.1) is 0 Å². The van der Waals surface area contributed by atoms with E-state index >= 15 is 0 Å². The molecule has 25 heavy (non-hydrogen) atoms. The Hall–Kier alpha value is -2.92. The molecular formula is C17H23N3O5. The van der Waals surface area contributed by atoms with Gasteiger partial charge in [0.25, 0.3) is 11.6 Å². The first-order chi connectivity index (χ1) is 11.7. The molecule has 0 radical (unpaired) electrons. The molecule has 136 valence electrons. The van der Waals surface area contributed by atoms with E-state index in [2.05, 4.69) is 6.58 Å². The summed E-state index contributed by atoms with van der Waals surface area (Å²) < 4.78 is 0. The molecule has 0 aromatic carbocycles. The average Bonchev–Trinajstić information content (AvgIpc) is 2.56. The number of rotatable bonds is 9. The first kappa shape index (κ1) is 22.1. The zero-order chi connectivity index (χ0) is 19.6. The van der Waals surface area contributed by atoms with Gasteiger partial charge in [0, 0.05) is 19.2 Å². The van der Waals surface area contributed by atoms with Crippen LogP contribution in [0.3, 0.4) is 0 Å². The molecular weight excluding hydrogens is 326 g/mol. The van der Waals surface area contributed by atoms with Crippen molar-refractivity contribution in [3.63, 3.8) is 0 Å². The molecule has 0 atom stereocenters. The van der Waals surface area contributed by atoms with Crippen molar-refractivity contribution < 1.29 is 19.9 Å². The van der Waals surface area contributed by atoms with Crippen LogP contribution in [0.15, 0.2) is 46.9 Å². The summed E-state index contributed by atoms with van der Waals surface area (Å²) >= 11 is 0. The maximum Gasteiger partial charge on any atom is 0.278 e. The first-order valence-electron chi connectivity index (χ1n) is 7.69. The molecule has 0 aromatic heterocycles. The molecule has 0 saturated carbocycles. The highest BCUT2D eigenvalue weighted by Crippen LogP contribution is 2.17. The van der Waals surface area contributed by atoms with Crippen molar-refractivity contribution in [2.24, 2.45) is 0 Å². The van der Waals surface area contributed by atoms with Crippen molar-refractivity contribution in [2.75, 3.05) is 19.7 Å². The Labute approximate surface area is 146 Å². The molecule has 0 bridgehead atoms. The van der Waals surface area contributed by atoms with E-state index in [9.17, 15) is 30.4 Å². The van der Waals surface area contributed by atoms with Gasteiger partial charge in [-0.3, -0.25) is 14.9 Å². The number of aliphatic hydroxyl groups excluding tert-OH is 2. The number of nitriles is 1. The summed E-state index contributed by atoms with van der Waals surface area (Å²) in [5, 5.41) is 39.0. The van der Waals surface area contributed by atoms with Crippen molar-refractivity contribution in [3.05, 3.63) is 57.0 Å². The van der Waals surface area contributed by atoms with E-state index in [-0.39, 0.29) is 16.7 Å². The van der Waals surface area contributed by atoms with Crippen molar-refractivity contribution >= 4 is 5.91 Å². The molecule has 0 fully saturated rings. The minimum Gasteiger partial charge on any atom is -0.512 e. The molecule has 0 heterocycles. The molecule has 0 spiro atoms. The average molecular weight is 349 g/mol. The van der Waals surface area contributed by atoms with E-state index < -0.39 is 28.9 Å². The lowest BCUT2D eigenvalue weighted by atomic mass is 10.1. The molecule has 0 aliphatic heterocycles. The van der Waals surface area contributed by atoms with Crippen LogP contribution in [0.1, 0.15) is 27.2 Å². The van der Waals surface area contributed by atoms with Crippen molar-refractivity contribution in [1.82, 2.24) is 4.90 Å². The highest BCUT2D eigenvalue weighted by molar-refractivity contribution is 5.97. The fraction of sp³-hybridized carbons (Fsp3) is 0.412. The molecule has 8 nitrogen and oxygen atoms in total. The van der Waals surface area contributed by atoms with Gasteiger partial charge in [-0.25, -0.2) is 0 Å². The molecule has 0 aliphatic rings. The van der Waals surface area contributed by atoms with Crippen molar-refractivity contribution in [3.8, 4) is 6.07 Å². The third kappa shape index (κ3) is 6.61. The van der Waals surface area contributed by atoms with Gasteiger partial charge < -0.3 is 15.1 Å². The summed E-state index contributed by atoms with van der Waals surface area (Å²) in [5.41, 5.74) is -1.01. The maximum atomic E-state index is 12.3. The second kappa shape index (κ2) is 10.8. The molecule has 0 unspecified atom stereocenters. The van der Waals surface area contributed by atoms with Crippen LogP contribution < -0.4 is 0 Å². The Morgan fingerprint density at radius 2 is 2.00 bits per heavy atom. The lowest BCUT2D eigenvalue weighted by molar-refractivity contribution is -0.421. The van der Waals surface area contributed by atoms with Gasteiger partial charge in [0.05, 0.1) is 17.1 Å². The molecule has 0 aliphatic carbocycles. The Balaban J connectivity index is 5.80. The van der Waals surface area contributed by atoms with E-state index in [1.165, 1.54) is 11.8 Å². The Morgan fingerprint density at radius 3 is 2.36 bits per heavy atom. The van der Waals surface area contributed by atoms with Crippen LogP contribution in [0.4, 0.5) is 0 Å². The smallest absolute Gasteiger partial charge is 0.278 e. The number of hydrogen-bond acceptors (Lipinski definition) is 6. The van der Waals surface area contributed by atoms with Gasteiger partial charge in [-0.2, -0.15) is 5.26 Å². The number of allylic oxidation sites excluding steroid dienone is 4. The molecule has 1 amide bonds. The highest BCUT2D eigenvalue weighted by Gasteiger charge is 2.21. The van der Waals surface area contributed by atoms with Crippen molar-refractivity contribution in [1.29, 1.82) is 5.26 Å². The Bertz CT molecular complexity index is 664. The van der Waals surface area contributed by atoms with Crippen LogP contribution >= 0.6 is 0 Å². The molecule has 8 heteroatoms. The molecule has 0 aromatic rings. The van der Waals surface area contributed by atoms with Gasteiger partial charge in [0.2, 0.25) is 0 Å². The summed E-state index contributed by atoms with van der Waals surface area (Å²) in [5.74, 6) is -0.890. The summed E-state index contributed by atoms with van der Waals surface area (Å²) in [6.07, 6.45) is 2.86. The minimum atomic E-state index is -0.784. The van der Waals surface area contributed by atoms with E-state index in [1.54, 1.807) is 13.0 Å². The molecule has 2 N–H and O–H groups in total. The number of nitrogens with zero attached hydrogens (tertiary/aromatic N) is 3. The lowest BCUT2D eigenvalue weighted by Crippen LogP contribution is -2.32. The quantitative estimate of drug-likeness (QED) is 0.164. The lowest BCUT2D eigenvalue weighted by Gasteiger charge is -2.19. The third-order valence-electron chi connectivity index (χ3n) is 3.27. The predicted octanol–water partition coefficient (Wildman–Crippen LogP) is 2.24. The van der Waals surface area contributed by atoms with Crippen LogP contribution in [0.25, 0.3) is 0 Å². The number of hydrogen-bond donors (Lipinski definition) is 2. The fourth-order valence-electron chi connectivity index (χ4n) is 2.02. The van der Waals surface area contributed by atoms with E-state index in [0.717, 1.165) is 18.6 Å². The monoisotopic (exact) mass is 349 g/mol. The van der Waals surface area contributed by atoms with E-state index in [0.29, 0.717) is 13.1 Å². The van der Waals surface area contributed by atoms with Gasteiger partial charge in [0.1, 0.15) is 17.4 Å². The molecule has 0 rings (SSSR count).